The first kappa shape index (κ1) is 25.6. The smallest absolute Gasteiger partial charge is 0.127 e. The minimum Gasteiger partial charge on any atom is -0.457 e. The van der Waals surface area contributed by atoms with Crippen LogP contribution >= 0.6 is 0 Å². The number of hydrogen-bond donors (Lipinski definition) is 0. The Bertz CT molecular complexity index is 1420. The fourth-order valence-electron chi connectivity index (χ4n) is 4.27. The average Bonchev–Trinajstić information content (AvgIpc) is 3.00. The molecule has 39 heavy (non-hydrogen) atoms. The molecule has 5 aromatic rings. The van der Waals surface area contributed by atoms with Crippen LogP contribution in [0.3, 0.4) is 0 Å². The molecule has 5 rings (SSSR count). The summed E-state index contributed by atoms with van der Waals surface area (Å²) in [6.07, 6.45) is 4.64. The van der Waals surface area contributed by atoms with Gasteiger partial charge in [0.05, 0.1) is 0 Å². The van der Waals surface area contributed by atoms with E-state index in [-0.39, 0.29) is 0 Å². The Balaban J connectivity index is 1.40. The van der Waals surface area contributed by atoms with Crippen molar-refractivity contribution < 1.29 is 9.47 Å². The predicted octanol–water partition coefficient (Wildman–Crippen LogP) is 10.6. The first-order valence-electron chi connectivity index (χ1n) is 13.0. The van der Waals surface area contributed by atoms with Gasteiger partial charge in [0.15, 0.2) is 0 Å². The highest BCUT2D eigenvalue weighted by Gasteiger charge is 2.13. The van der Waals surface area contributed by atoms with Crippen LogP contribution in [0.1, 0.15) is 23.6 Å². The molecular weight excluding hydrogens is 478 g/mol. The molecule has 0 atom stereocenters. The molecule has 0 spiro atoms. The summed E-state index contributed by atoms with van der Waals surface area (Å²) in [4.78, 5) is 2.23. The highest BCUT2D eigenvalue weighted by molar-refractivity contribution is 5.77. The third-order valence-electron chi connectivity index (χ3n) is 6.50. The third-order valence-corrected chi connectivity index (χ3v) is 6.50. The molecule has 3 nitrogen and oxygen atoms in total. The largest absolute Gasteiger partial charge is 0.457 e. The second-order valence-electron chi connectivity index (χ2n) is 9.09. The molecule has 0 unspecified atom stereocenters. The van der Waals surface area contributed by atoms with Crippen molar-refractivity contribution in [1.29, 1.82) is 0 Å². The highest BCUT2D eigenvalue weighted by atomic mass is 16.5. The lowest BCUT2D eigenvalue weighted by molar-refractivity contribution is 0.482. The van der Waals surface area contributed by atoms with E-state index in [1.54, 1.807) is 0 Å². The standard InChI is InChI=1S/C36H31NO2/c1-4-27-7-13-30(14-8-27)37(31-15-23-35(24-16-31)38-33-19-9-28(5-2)10-20-33)32-17-25-36(26-18-32)39-34-21-11-29(6-3)12-22-34/h5-26H,2-4H2,1H3. The minimum absolute atomic E-state index is 0.776. The summed E-state index contributed by atoms with van der Waals surface area (Å²) in [5.41, 5.74) is 6.56. The van der Waals surface area contributed by atoms with Crippen molar-refractivity contribution in [2.75, 3.05) is 4.90 Å². The van der Waals surface area contributed by atoms with E-state index in [9.17, 15) is 0 Å². The molecule has 0 aliphatic heterocycles. The van der Waals surface area contributed by atoms with Crippen molar-refractivity contribution >= 4 is 29.2 Å². The van der Waals surface area contributed by atoms with Gasteiger partial charge in [-0.2, -0.15) is 0 Å². The number of aryl methyl sites for hydroxylation is 1. The van der Waals surface area contributed by atoms with Crippen LogP contribution in [0.2, 0.25) is 0 Å². The number of nitrogens with zero attached hydrogens (tertiary/aromatic N) is 1. The number of ether oxygens (including phenoxy) is 2. The summed E-state index contributed by atoms with van der Waals surface area (Å²) in [7, 11) is 0. The molecule has 0 aromatic heterocycles. The molecule has 0 heterocycles. The number of benzene rings is 5. The van der Waals surface area contributed by atoms with Gasteiger partial charge in [-0.25, -0.2) is 0 Å². The van der Waals surface area contributed by atoms with E-state index in [0.29, 0.717) is 0 Å². The molecule has 192 valence electrons. The lowest BCUT2D eigenvalue weighted by Crippen LogP contribution is -2.09. The van der Waals surface area contributed by atoms with Crippen LogP contribution in [0.4, 0.5) is 17.1 Å². The maximum absolute atomic E-state index is 6.07. The second kappa shape index (κ2) is 12.0. The van der Waals surface area contributed by atoms with Crippen LogP contribution in [-0.2, 0) is 6.42 Å². The Morgan fingerprint density at radius 3 is 1.10 bits per heavy atom. The van der Waals surface area contributed by atoms with E-state index < -0.39 is 0 Å². The maximum atomic E-state index is 6.07. The van der Waals surface area contributed by atoms with Crippen molar-refractivity contribution in [2.24, 2.45) is 0 Å². The van der Waals surface area contributed by atoms with Crippen molar-refractivity contribution in [3.8, 4) is 23.0 Å². The SMILES string of the molecule is C=Cc1ccc(Oc2ccc(N(c3ccc(CC)cc3)c3ccc(Oc4ccc(C=C)cc4)cc3)cc2)cc1. The van der Waals surface area contributed by atoms with Gasteiger partial charge in [-0.1, -0.05) is 68.6 Å². The van der Waals surface area contributed by atoms with Crippen LogP contribution in [0, 0.1) is 0 Å². The van der Waals surface area contributed by atoms with E-state index in [4.69, 9.17) is 9.47 Å². The zero-order valence-electron chi connectivity index (χ0n) is 22.1. The zero-order valence-corrected chi connectivity index (χ0v) is 22.1. The van der Waals surface area contributed by atoms with E-state index in [2.05, 4.69) is 73.5 Å². The van der Waals surface area contributed by atoms with Crippen LogP contribution in [0.5, 0.6) is 23.0 Å². The molecule has 5 aromatic carbocycles. The monoisotopic (exact) mass is 509 g/mol. The van der Waals surface area contributed by atoms with Crippen molar-refractivity contribution in [3.05, 3.63) is 151 Å². The molecule has 3 heteroatoms. The van der Waals surface area contributed by atoms with Gasteiger partial charge in [0, 0.05) is 17.1 Å². The van der Waals surface area contributed by atoms with Gasteiger partial charge in [-0.15, -0.1) is 0 Å². The molecule has 0 saturated carbocycles. The van der Waals surface area contributed by atoms with Crippen molar-refractivity contribution in [2.45, 2.75) is 13.3 Å². The molecule has 0 aliphatic rings. The second-order valence-corrected chi connectivity index (χ2v) is 9.09. The summed E-state index contributed by atoms with van der Waals surface area (Å²) in [6, 6.07) is 40.7. The van der Waals surface area contributed by atoms with Gasteiger partial charge in [-0.05, 0) is 108 Å². The van der Waals surface area contributed by atoms with Gasteiger partial charge >= 0.3 is 0 Å². The first-order chi connectivity index (χ1) is 19.1. The van der Waals surface area contributed by atoms with Crippen molar-refractivity contribution in [1.82, 2.24) is 0 Å². The van der Waals surface area contributed by atoms with Crippen LogP contribution in [0.25, 0.3) is 12.2 Å². The van der Waals surface area contributed by atoms with Crippen LogP contribution < -0.4 is 14.4 Å². The Morgan fingerprint density at radius 2 is 0.795 bits per heavy atom. The van der Waals surface area contributed by atoms with Gasteiger partial charge in [0.25, 0.3) is 0 Å². The van der Waals surface area contributed by atoms with E-state index in [0.717, 1.165) is 57.6 Å². The van der Waals surface area contributed by atoms with Gasteiger partial charge in [-0.3, -0.25) is 0 Å². The lowest BCUT2D eigenvalue weighted by Gasteiger charge is -2.26. The Labute approximate surface area is 230 Å². The summed E-state index contributed by atoms with van der Waals surface area (Å²) in [5.74, 6) is 3.13. The normalized spacial score (nSPS) is 10.5. The number of rotatable bonds is 10. The summed E-state index contributed by atoms with van der Waals surface area (Å²) in [6.45, 7) is 9.78. The zero-order chi connectivity index (χ0) is 27.0. The summed E-state index contributed by atoms with van der Waals surface area (Å²) in [5, 5.41) is 0. The topological polar surface area (TPSA) is 21.7 Å². The molecule has 0 amide bonds. The van der Waals surface area contributed by atoms with Crippen LogP contribution in [-0.4, -0.2) is 0 Å². The highest BCUT2D eigenvalue weighted by Crippen LogP contribution is 2.37. The molecule has 0 N–H and O–H groups in total. The van der Waals surface area contributed by atoms with E-state index in [1.807, 2.05) is 84.9 Å². The van der Waals surface area contributed by atoms with E-state index in [1.165, 1.54) is 5.56 Å². The summed E-state index contributed by atoms with van der Waals surface area (Å²) < 4.78 is 12.1. The van der Waals surface area contributed by atoms with Crippen molar-refractivity contribution in [3.63, 3.8) is 0 Å². The average molecular weight is 510 g/mol. The number of anilines is 3. The van der Waals surface area contributed by atoms with Gasteiger partial charge in [0.2, 0.25) is 0 Å². The van der Waals surface area contributed by atoms with E-state index >= 15 is 0 Å². The fraction of sp³-hybridized carbons (Fsp3) is 0.0556. The van der Waals surface area contributed by atoms with Crippen LogP contribution in [0.15, 0.2) is 134 Å². The number of hydrogen-bond acceptors (Lipinski definition) is 3. The Kier molecular flexibility index (Phi) is 7.89. The molecule has 0 saturated heterocycles. The molecular formula is C36H31NO2. The first-order valence-corrected chi connectivity index (χ1v) is 13.0. The predicted molar refractivity (Wildman–Crippen MR) is 164 cm³/mol. The molecule has 0 bridgehead atoms. The quantitative estimate of drug-likeness (QED) is 0.187. The maximum Gasteiger partial charge on any atom is 0.127 e. The molecule has 0 aliphatic carbocycles. The molecule has 0 radical (unpaired) electrons. The van der Waals surface area contributed by atoms with Gasteiger partial charge in [0.1, 0.15) is 23.0 Å². The Morgan fingerprint density at radius 1 is 0.487 bits per heavy atom. The molecule has 0 fully saturated rings. The third kappa shape index (κ3) is 6.28. The summed E-state index contributed by atoms with van der Waals surface area (Å²) >= 11 is 0. The Hall–Kier alpha value is -5.02. The van der Waals surface area contributed by atoms with Gasteiger partial charge < -0.3 is 14.4 Å². The lowest BCUT2D eigenvalue weighted by atomic mass is 10.1. The minimum atomic E-state index is 0.776. The fourth-order valence-corrected chi connectivity index (χ4v) is 4.27.